The van der Waals surface area contributed by atoms with Gasteiger partial charge in [-0.1, -0.05) is 12.1 Å². The van der Waals surface area contributed by atoms with Crippen molar-refractivity contribution in [1.29, 1.82) is 0 Å². The van der Waals surface area contributed by atoms with Crippen LogP contribution in [0.25, 0.3) is 0 Å². The highest BCUT2D eigenvalue weighted by Gasteiger charge is 2.23. The molecule has 1 aliphatic rings. The minimum Gasteiger partial charge on any atom is -0.484 e. The van der Waals surface area contributed by atoms with E-state index in [0.29, 0.717) is 12.1 Å². The summed E-state index contributed by atoms with van der Waals surface area (Å²) in [6, 6.07) is 8.58. The molecule has 6 nitrogen and oxygen atoms in total. The third-order valence-corrected chi connectivity index (χ3v) is 3.59. The van der Waals surface area contributed by atoms with Crippen molar-refractivity contribution in [3.8, 4) is 5.75 Å². The molecule has 0 aromatic heterocycles. The molecule has 0 radical (unpaired) electrons. The van der Waals surface area contributed by atoms with Crippen LogP contribution in [0, 0.1) is 0 Å². The van der Waals surface area contributed by atoms with Gasteiger partial charge in [0.1, 0.15) is 5.75 Å². The Morgan fingerprint density at radius 3 is 2.58 bits per heavy atom. The topological polar surface area (TPSA) is 74.8 Å². The number of aliphatic imine (C=N–C) groups is 1. The van der Waals surface area contributed by atoms with Gasteiger partial charge in [-0.05, 0) is 50.8 Å². The minimum absolute atomic E-state index is 0.0465. The average Bonchev–Trinajstić information content (AvgIpc) is 3.36. The smallest absolute Gasteiger partial charge is 0.258 e. The molecule has 0 saturated heterocycles. The maximum absolute atomic E-state index is 11.6. The van der Waals surface area contributed by atoms with Gasteiger partial charge in [0.15, 0.2) is 12.6 Å². The van der Waals surface area contributed by atoms with Crippen molar-refractivity contribution in [3.63, 3.8) is 0 Å². The highest BCUT2D eigenvalue weighted by atomic mass is 16.5. The third kappa shape index (κ3) is 6.89. The van der Waals surface area contributed by atoms with E-state index >= 15 is 0 Å². The quantitative estimate of drug-likeness (QED) is 0.498. The number of guanidine groups is 1. The average molecular weight is 332 g/mol. The Labute approximate surface area is 144 Å². The standard InChI is InChI=1S/C18H28N4O2/c1-13(2)21-18(19-3)20-11-10-14-4-8-16(9-5-14)24-12-17(23)22-15-6-7-15/h4-5,8-9,13,15H,6-7,10-12H2,1-3H3,(H,22,23)(H2,19,20,21). The minimum atomic E-state index is -0.0465. The SMILES string of the molecule is CN=C(NCCc1ccc(OCC(=O)NC2CC2)cc1)NC(C)C. The molecule has 0 spiro atoms. The number of hydrogen-bond donors (Lipinski definition) is 3. The summed E-state index contributed by atoms with van der Waals surface area (Å²) >= 11 is 0. The summed E-state index contributed by atoms with van der Waals surface area (Å²) < 4.78 is 5.50. The highest BCUT2D eigenvalue weighted by Crippen LogP contribution is 2.18. The molecule has 1 aliphatic carbocycles. The second kappa shape index (κ2) is 9.15. The summed E-state index contributed by atoms with van der Waals surface area (Å²) in [5.74, 6) is 1.48. The Balaban J connectivity index is 1.68. The summed E-state index contributed by atoms with van der Waals surface area (Å²) in [4.78, 5) is 15.8. The fourth-order valence-corrected chi connectivity index (χ4v) is 2.19. The van der Waals surface area contributed by atoms with Gasteiger partial charge >= 0.3 is 0 Å². The van der Waals surface area contributed by atoms with Gasteiger partial charge in [0.05, 0.1) is 0 Å². The van der Waals surface area contributed by atoms with Crippen molar-refractivity contribution < 1.29 is 9.53 Å². The van der Waals surface area contributed by atoms with Gasteiger partial charge in [0.2, 0.25) is 0 Å². The van der Waals surface area contributed by atoms with Crippen LogP contribution < -0.4 is 20.7 Å². The van der Waals surface area contributed by atoms with Crippen LogP contribution in [-0.4, -0.2) is 44.1 Å². The van der Waals surface area contributed by atoms with Crippen LogP contribution in [-0.2, 0) is 11.2 Å². The summed E-state index contributed by atoms with van der Waals surface area (Å²) in [6.07, 6.45) is 3.07. The second-order valence-corrected chi connectivity index (χ2v) is 6.32. The van der Waals surface area contributed by atoms with Gasteiger partial charge in [-0.25, -0.2) is 0 Å². The predicted octanol–water partition coefficient (Wildman–Crippen LogP) is 1.46. The molecular formula is C18H28N4O2. The number of ether oxygens (including phenoxy) is 1. The number of rotatable bonds is 8. The first kappa shape index (κ1) is 18.1. The lowest BCUT2D eigenvalue weighted by Crippen LogP contribution is -2.41. The first-order valence-corrected chi connectivity index (χ1v) is 8.55. The zero-order valence-electron chi connectivity index (χ0n) is 14.8. The second-order valence-electron chi connectivity index (χ2n) is 6.32. The summed E-state index contributed by atoms with van der Waals surface area (Å²) in [7, 11) is 1.77. The Hall–Kier alpha value is -2.24. The van der Waals surface area contributed by atoms with Gasteiger partial charge in [-0.3, -0.25) is 9.79 Å². The van der Waals surface area contributed by atoms with Crippen molar-refractivity contribution in [2.75, 3.05) is 20.2 Å². The predicted molar refractivity (Wildman–Crippen MR) is 96.4 cm³/mol. The third-order valence-electron chi connectivity index (χ3n) is 3.59. The van der Waals surface area contributed by atoms with Crippen molar-refractivity contribution in [3.05, 3.63) is 29.8 Å². The summed E-state index contributed by atoms with van der Waals surface area (Å²) in [6.45, 7) is 5.04. The van der Waals surface area contributed by atoms with Crippen LogP contribution >= 0.6 is 0 Å². The molecule has 132 valence electrons. The van der Waals surface area contributed by atoms with E-state index in [4.69, 9.17) is 4.74 Å². The molecule has 0 aliphatic heterocycles. The lowest BCUT2D eigenvalue weighted by molar-refractivity contribution is -0.123. The van der Waals surface area contributed by atoms with E-state index in [9.17, 15) is 4.79 Å². The first-order chi connectivity index (χ1) is 11.6. The molecule has 24 heavy (non-hydrogen) atoms. The molecule has 0 unspecified atom stereocenters. The Morgan fingerprint density at radius 2 is 2.00 bits per heavy atom. The molecular weight excluding hydrogens is 304 g/mol. The fraction of sp³-hybridized carbons (Fsp3) is 0.556. The molecule has 1 aromatic rings. The Kier molecular flexibility index (Phi) is 6.90. The lowest BCUT2D eigenvalue weighted by atomic mass is 10.1. The van der Waals surface area contributed by atoms with Gasteiger partial charge in [0, 0.05) is 25.7 Å². The lowest BCUT2D eigenvalue weighted by Gasteiger charge is -2.14. The molecule has 0 atom stereocenters. The maximum Gasteiger partial charge on any atom is 0.258 e. The van der Waals surface area contributed by atoms with Gasteiger partial charge in [0.25, 0.3) is 5.91 Å². The summed E-state index contributed by atoms with van der Waals surface area (Å²) in [5, 5.41) is 9.44. The number of benzene rings is 1. The number of carbonyl (C=O) groups excluding carboxylic acids is 1. The molecule has 6 heteroatoms. The Morgan fingerprint density at radius 1 is 1.29 bits per heavy atom. The van der Waals surface area contributed by atoms with Gasteiger partial charge in [-0.2, -0.15) is 0 Å². The van der Waals surface area contributed by atoms with E-state index in [2.05, 4.69) is 34.8 Å². The van der Waals surface area contributed by atoms with Crippen molar-refractivity contribution in [1.82, 2.24) is 16.0 Å². The zero-order chi connectivity index (χ0) is 17.4. The molecule has 3 N–H and O–H groups in total. The van der Waals surface area contributed by atoms with Crippen LogP contribution in [0.4, 0.5) is 0 Å². The number of nitrogens with one attached hydrogen (secondary N) is 3. The molecule has 0 bridgehead atoms. The van der Waals surface area contributed by atoms with E-state index in [1.165, 1.54) is 5.56 Å². The first-order valence-electron chi connectivity index (χ1n) is 8.55. The number of hydrogen-bond acceptors (Lipinski definition) is 3. The zero-order valence-corrected chi connectivity index (χ0v) is 14.8. The number of amides is 1. The van der Waals surface area contributed by atoms with Crippen LogP contribution in [0.15, 0.2) is 29.3 Å². The van der Waals surface area contributed by atoms with E-state index in [0.717, 1.165) is 37.5 Å². The van der Waals surface area contributed by atoms with Crippen molar-refractivity contribution in [2.24, 2.45) is 4.99 Å². The van der Waals surface area contributed by atoms with E-state index in [-0.39, 0.29) is 12.5 Å². The summed E-state index contributed by atoms with van der Waals surface area (Å²) in [5.41, 5.74) is 1.21. The normalized spacial score (nSPS) is 14.4. The molecule has 0 heterocycles. The largest absolute Gasteiger partial charge is 0.484 e. The number of carbonyl (C=O) groups is 1. The molecule has 1 aromatic carbocycles. The molecule has 2 rings (SSSR count). The van der Waals surface area contributed by atoms with Gasteiger partial charge in [-0.15, -0.1) is 0 Å². The van der Waals surface area contributed by atoms with E-state index < -0.39 is 0 Å². The maximum atomic E-state index is 11.6. The highest BCUT2D eigenvalue weighted by molar-refractivity contribution is 5.79. The fourth-order valence-electron chi connectivity index (χ4n) is 2.19. The molecule has 1 fully saturated rings. The van der Waals surface area contributed by atoms with Gasteiger partial charge < -0.3 is 20.7 Å². The van der Waals surface area contributed by atoms with E-state index in [1.807, 2.05) is 24.3 Å². The van der Waals surface area contributed by atoms with Crippen LogP contribution in [0.5, 0.6) is 5.75 Å². The number of nitrogens with zero attached hydrogens (tertiary/aromatic N) is 1. The van der Waals surface area contributed by atoms with E-state index in [1.54, 1.807) is 7.05 Å². The van der Waals surface area contributed by atoms with Crippen molar-refractivity contribution in [2.45, 2.75) is 45.2 Å². The van der Waals surface area contributed by atoms with Crippen LogP contribution in [0.1, 0.15) is 32.3 Å². The molecule has 1 amide bonds. The van der Waals surface area contributed by atoms with Crippen LogP contribution in [0.3, 0.4) is 0 Å². The van der Waals surface area contributed by atoms with Crippen LogP contribution in [0.2, 0.25) is 0 Å². The monoisotopic (exact) mass is 332 g/mol. The Bertz CT molecular complexity index is 551. The molecule has 1 saturated carbocycles. The van der Waals surface area contributed by atoms with Crippen molar-refractivity contribution >= 4 is 11.9 Å².